The Morgan fingerprint density at radius 3 is 1.66 bits per heavy atom. The van der Waals surface area contributed by atoms with Crippen LogP contribution in [0.3, 0.4) is 0 Å². The van der Waals surface area contributed by atoms with Crippen molar-refractivity contribution >= 4 is 124 Å². The van der Waals surface area contributed by atoms with Crippen molar-refractivity contribution in [2.45, 2.75) is 341 Å². The van der Waals surface area contributed by atoms with E-state index in [1.54, 1.807) is 0 Å². The monoisotopic (exact) mass is 1890 g/mol. The van der Waals surface area contributed by atoms with E-state index in [4.69, 9.17) is 11.5 Å². The minimum absolute atomic E-state index is 0.00148. The molecule has 10 aliphatic rings. The Morgan fingerprint density at radius 1 is 0.534 bits per heavy atom. The minimum Gasteiger partial charge on any atom is -0.481 e. The average molecular weight is 1890 g/mol. The van der Waals surface area contributed by atoms with Crippen LogP contribution in [0.15, 0.2) is 0 Å². The SMILES string of the molecule is CCC[C@H](NC(C)=O)C(=O)N[C@H]1CSCc2c(C)c3c(C)c(c2C)CSC[C@H](NC(=O)[C@H](CC2CCCCC2)N(C)C1=O)C(=O)N[C@@H](CCCCN)C(=O)NCC(=O)N[C@@H](CC1CNC2CCCCC12)C(=O)N[C@@H](CC1CNC2CCCCC12)C(=O)N[C@@H](CC(=O)O)C(=O)N[C@@H](CC1CNCN1)C(=O)N[C@@H](CC1CCC(O)CC1)C(=O)N1CCC[C@H]1C(=O)N[C@H](C(N)=O)CSC3. The number of aliphatic hydroxyl groups excluding tert-OH is 1. The maximum absolute atomic E-state index is 15.7. The third-order valence-corrected chi connectivity index (χ3v) is 32.5. The number of hydrogen-bond donors (Lipinski definition) is 19. The number of nitrogens with one attached hydrogen (secondary N) is 15. The summed E-state index contributed by atoms with van der Waals surface area (Å²) >= 11 is 4.08. The molecule has 730 valence electrons. The number of carbonyl (C=O) groups excluding carboxylic acids is 14. The first kappa shape index (κ1) is 104. The number of rotatable bonds is 22. The van der Waals surface area contributed by atoms with Gasteiger partial charge in [0, 0.05) is 86.4 Å². The lowest BCUT2D eigenvalue weighted by Crippen LogP contribution is -2.61. The number of thioether (sulfide) groups is 3. The fraction of sp³-hybridized carbons (Fsp3) is 0.772. The van der Waals surface area contributed by atoms with E-state index in [9.17, 15) is 39.0 Å². The molecule has 0 aromatic heterocycles. The van der Waals surface area contributed by atoms with E-state index in [0.717, 1.165) is 117 Å². The first-order chi connectivity index (χ1) is 62.9. The van der Waals surface area contributed by atoms with Gasteiger partial charge in [0.15, 0.2) is 0 Å². The van der Waals surface area contributed by atoms with E-state index in [1.165, 1.54) is 59.1 Å². The van der Waals surface area contributed by atoms with E-state index in [2.05, 4.69) is 79.8 Å². The summed E-state index contributed by atoms with van der Waals surface area (Å²) in [6.45, 7) is 10.4. The van der Waals surface area contributed by atoms with E-state index >= 15 is 43.2 Å². The van der Waals surface area contributed by atoms with Gasteiger partial charge in [-0.3, -0.25) is 71.9 Å². The second kappa shape index (κ2) is 50.6. The van der Waals surface area contributed by atoms with Gasteiger partial charge in [-0.2, -0.15) is 35.3 Å². The molecule has 6 heterocycles. The molecule has 0 radical (unpaired) electrons. The summed E-state index contributed by atoms with van der Waals surface area (Å²) in [7, 11) is 1.52. The van der Waals surface area contributed by atoms with Gasteiger partial charge < -0.3 is 111 Å². The standard InChI is InChI=1S/C92H147N19O17S3/c1-7-18-67(100-53(5)112)83(119)109-76-48-131-45-64-51(3)62-43-129-46-74(81(94)117)107-89(125)77-26-17-32-111(77)92(128)73(33-55-27-29-59(113)30-28-55)106-86(122)71(37-58-41-95-49-99-58)104-87(123)72(38-80(115)116)105-85(121)70(36-57-40-97-66-24-14-12-22-61(57)66)103-84(120)69(35-56-39-96-65-23-13-11-21-60(56)65)101-79(114)42-98-82(118)68(25-15-16-31-93)102-88(124)75(47-130-44-63(50(62)2)52(64)4)108-90(126)78(110(6)91(76)127)34-54-19-9-8-10-20-54/h54-61,65-78,95-97,99,113H,7-49,93H2,1-6H3,(H2,94,117)(H,98,118)(H,100,112)(H,101,114)(H,102,124)(H,103,120)(H,104,123)(H,105,121)(H,106,122)(H,107,125)(H,108,126)(H,109,119)(H,115,116)/t55?,56?,57?,58?,59?,60?,61?,65?,66?,67-,68-,69-,70-,71-,72-,73-,74-,75-,76-,77-,78-/m0/s1. The number of hydrogen-bond acceptors (Lipinski definition) is 24. The van der Waals surface area contributed by atoms with Crippen LogP contribution in [0.2, 0.25) is 0 Å². The summed E-state index contributed by atoms with van der Waals surface area (Å²) in [6.07, 6.45) is 14.4. The van der Waals surface area contributed by atoms with Crippen LogP contribution in [0.5, 0.6) is 0 Å². The van der Waals surface area contributed by atoms with Crippen molar-refractivity contribution < 1.29 is 82.1 Å². The normalized spacial score (nSPS) is 32.0. The van der Waals surface area contributed by atoms with E-state index < -0.39 is 186 Å². The fourth-order valence-electron chi connectivity index (χ4n) is 21.8. The molecule has 21 N–H and O–H groups in total. The van der Waals surface area contributed by atoms with Gasteiger partial charge in [0.2, 0.25) is 82.7 Å². The van der Waals surface area contributed by atoms with E-state index in [1.807, 2.05) is 27.7 Å². The number of amides is 14. The number of carboxylic acids is 1. The molecule has 1 aromatic rings. The summed E-state index contributed by atoms with van der Waals surface area (Å²) < 4.78 is 0. The molecule has 4 aliphatic carbocycles. The van der Waals surface area contributed by atoms with Crippen molar-refractivity contribution in [3.05, 3.63) is 33.4 Å². The van der Waals surface area contributed by atoms with Crippen LogP contribution in [0.25, 0.3) is 0 Å². The number of fused-ring (bicyclic) bond motifs is 8. The van der Waals surface area contributed by atoms with Crippen LogP contribution in [-0.2, 0) is 89.2 Å². The minimum atomic E-state index is -1.86. The maximum atomic E-state index is 15.7. The maximum Gasteiger partial charge on any atom is 0.305 e. The van der Waals surface area contributed by atoms with Crippen LogP contribution in [-0.4, -0.2) is 276 Å². The number of likely N-dealkylation sites (N-methyl/N-ethyl adjacent to an activating group) is 1. The summed E-state index contributed by atoms with van der Waals surface area (Å²) in [4.78, 5) is 226. The highest BCUT2D eigenvalue weighted by molar-refractivity contribution is 7.99. The predicted molar refractivity (Wildman–Crippen MR) is 500 cm³/mol. The third-order valence-electron chi connectivity index (χ3n) is 29.3. The van der Waals surface area contributed by atoms with Crippen molar-refractivity contribution in [1.29, 1.82) is 0 Å². The molecule has 131 heavy (non-hydrogen) atoms. The molecule has 4 bridgehead atoms. The third kappa shape index (κ3) is 29.1. The Labute approximate surface area is 783 Å². The van der Waals surface area contributed by atoms with Crippen molar-refractivity contribution in [3.63, 3.8) is 0 Å². The van der Waals surface area contributed by atoms with Crippen LogP contribution < -0.4 is 91.2 Å². The number of unbranched alkanes of at least 4 members (excludes halogenated alkanes) is 1. The molecule has 8 fully saturated rings. The van der Waals surface area contributed by atoms with Gasteiger partial charge in [0.1, 0.15) is 72.5 Å². The molecule has 0 spiro atoms. The summed E-state index contributed by atoms with van der Waals surface area (Å²) in [5, 5.41) is 66.6. The molecule has 19 atom stereocenters. The zero-order valence-corrected chi connectivity index (χ0v) is 79.8. The first-order valence-electron chi connectivity index (χ1n) is 48.3. The summed E-state index contributed by atoms with van der Waals surface area (Å²) in [5.74, 6) is -11.4. The molecule has 14 amide bonds. The number of carbonyl (C=O) groups is 15. The Kier molecular flexibility index (Phi) is 40.0. The van der Waals surface area contributed by atoms with Gasteiger partial charge in [0.05, 0.1) is 19.1 Å². The first-order valence-corrected chi connectivity index (χ1v) is 51.8. The fourth-order valence-corrected chi connectivity index (χ4v) is 25.4. The van der Waals surface area contributed by atoms with E-state index in [-0.39, 0.29) is 141 Å². The van der Waals surface area contributed by atoms with Crippen molar-refractivity contribution in [2.75, 3.05) is 70.2 Å². The number of nitrogens with two attached hydrogens (primary N) is 2. The van der Waals surface area contributed by atoms with Gasteiger partial charge in [-0.15, -0.1) is 0 Å². The topological polar surface area (TPSA) is 535 Å². The lowest BCUT2D eigenvalue weighted by atomic mass is 9.77. The highest BCUT2D eigenvalue weighted by Gasteiger charge is 2.47. The zero-order valence-electron chi connectivity index (χ0n) is 77.4. The second-order valence-electron chi connectivity index (χ2n) is 38.5. The highest BCUT2D eigenvalue weighted by Crippen LogP contribution is 2.41. The number of aliphatic carboxylic acids is 1. The number of carboxylic acid groups (broad SMARTS) is 1. The zero-order chi connectivity index (χ0) is 94.1. The largest absolute Gasteiger partial charge is 0.481 e. The molecule has 6 aliphatic heterocycles. The second-order valence-corrected chi connectivity index (χ2v) is 41.6. The van der Waals surface area contributed by atoms with Gasteiger partial charge in [-0.1, -0.05) is 71.1 Å². The molecule has 11 rings (SSSR count). The molecule has 4 saturated carbocycles. The van der Waals surface area contributed by atoms with Gasteiger partial charge in [-0.05, 0) is 231 Å². The smallest absolute Gasteiger partial charge is 0.305 e. The lowest BCUT2D eigenvalue weighted by molar-refractivity contribution is -0.143. The Bertz CT molecular complexity index is 4170. The quantitative estimate of drug-likeness (QED) is 0.0725. The lowest BCUT2D eigenvalue weighted by Gasteiger charge is -2.35. The summed E-state index contributed by atoms with van der Waals surface area (Å²) in [6, 6.07) is -16.2. The molecule has 7 unspecified atom stereocenters. The molecule has 4 saturated heterocycles. The molecule has 39 heteroatoms. The van der Waals surface area contributed by atoms with Crippen LogP contribution in [0, 0.1) is 56.3 Å². The van der Waals surface area contributed by atoms with E-state index in [0.29, 0.717) is 83.4 Å². The van der Waals surface area contributed by atoms with Crippen LogP contribution >= 0.6 is 35.3 Å². The number of aliphatic hydroxyl groups is 1. The van der Waals surface area contributed by atoms with Crippen LogP contribution in [0.4, 0.5) is 0 Å². The van der Waals surface area contributed by atoms with Gasteiger partial charge in [-0.25, -0.2) is 0 Å². The van der Waals surface area contributed by atoms with Crippen molar-refractivity contribution in [3.8, 4) is 0 Å². The number of nitrogens with zero attached hydrogens (tertiary/aromatic N) is 2. The molecular weight excluding hydrogens is 1740 g/mol. The predicted octanol–water partition coefficient (Wildman–Crippen LogP) is 1.19. The molecule has 1 aromatic carbocycles. The Balaban J connectivity index is 0.977. The number of benzene rings is 1. The average Bonchev–Trinajstić information content (AvgIpc) is 1.40. The van der Waals surface area contributed by atoms with Crippen molar-refractivity contribution in [1.82, 2.24) is 89.6 Å². The summed E-state index contributed by atoms with van der Waals surface area (Å²) in [5.41, 5.74) is 17.5. The molecule has 36 nitrogen and oxygen atoms in total. The molecular formula is C92H147N19O17S3. The Morgan fingerprint density at radius 2 is 1.08 bits per heavy atom. The Hall–Kier alpha value is -7.92. The van der Waals surface area contributed by atoms with Gasteiger partial charge >= 0.3 is 5.97 Å². The number of primary amides is 1. The van der Waals surface area contributed by atoms with Crippen LogP contribution in [0.1, 0.15) is 240 Å². The van der Waals surface area contributed by atoms with Crippen molar-refractivity contribution in [2.24, 2.45) is 47.0 Å². The van der Waals surface area contributed by atoms with Gasteiger partial charge in [0.25, 0.3) is 0 Å². The highest BCUT2D eigenvalue weighted by atomic mass is 32.2.